The molecule has 0 radical (unpaired) electrons. The second-order valence-corrected chi connectivity index (χ2v) is 6.88. The van der Waals surface area contributed by atoms with Crippen LogP contribution in [0, 0.1) is 11.3 Å². The smallest absolute Gasteiger partial charge is 0.0108 e. The van der Waals surface area contributed by atoms with Gasteiger partial charge in [0.1, 0.15) is 0 Å². The average Bonchev–Trinajstić information content (AvgIpc) is 2.41. The first-order chi connectivity index (χ1) is 8.63. The van der Waals surface area contributed by atoms with Crippen LogP contribution in [0.15, 0.2) is 0 Å². The van der Waals surface area contributed by atoms with E-state index in [1.54, 1.807) is 0 Å². The lowest BCUT2D eigenvalue weighted by molar-refractivity contribution is 0.125. The highest BCUT2D eigenvalue weighted by molar-refractivity contribution is 4.87. The minimum atomic E-state index is 0.503. The van der Waals surface area contributed by atoms with E-state index in [1.165, 1.54) is 58.2 Å². The lowest BCUT2D eigenvalue weighted by atomic mass is 9.79. The molecule has 2 atom stereocenters. The van der Waals surface area contributed by atoms with Crippen molar-refractivity contribution in [1.29, 1.82) is 0 Å². The highest BCUT2D eigenvalue weighted by Crippen LogP contribution is 2.31. The Morgan fingerprint density at radius 2 is 1.89 bits per heavy atom. The first-order valence-electron chi connectivity index (χ1n) is 7.75. The Bertz CT molecular complexity index is 246. The van der Waals surface area contributed by atoms with Gasteiger partial charge in [-0.3, -0.25) is 0 Å². The number of piperidine rings is 1. The molecule has 0 bridgehead atoms. The van der Waals surface area contributed by atoms with E-state index in [0.717, 1.165) is 6.54 Å². The molecule has 18 heavy (non-hydrogen) atoms. The first kappa shape index (κ1) is 14.3. The molecule has 0 aromatic carbocycles. The van der Waals surface area contributed by atoms with Crippen LogP contribution in [0.25, 0.3) is 0 Å². The number of hydrogen-bond acceptors (Lipinski definition) is 3. The first-order valence-corrected chi connectivity index (χ1v) is 7.75. The van der Waals surface area contributed by atoms with Gasteiger partial charge in [-0.05, 0) is 63.7 Å². The molecule has 1 heterocycles. The number of nitrogens with zero attached hydrogens (tertiary/aromatic N) is 1. The molecule has 2 unspecified atom stereocenters. The van der Waals surface area contributed by atoms with Gasteiger partial charge in [-0.25, -0.2) is 0 Å². The lowest BCUT2D eigenvalue weighted by Gasteiger charge is -2.40. The molecular formula is C15H31N3. The zero-order valence-electron chi connectivity index (χ0n) is 12.3. The van der Waals surface area contributed by atoms with Crippen LogP contribution in [0.4, 0.5) is 0 Å². The van der Waals surface area contributed by atoms with Crippen molar-refractivity contribution < 1.29 is 0 Å². The second kappa shape index (κ2) is 6.36. The van der Waals surface area contributed by atoms with Gasteiger partial charge in [0.25, 0.3) is 0 Å². The van der Waals surface area contributed by atoms with Crippen molar-refractivity contribution >= 4 is 0 Å². The van der Waals surface area contributed by atoms with Crippen LogP contribution in [-0.4, -0.2) is 44.2 Å². The molecule has 2 aliphatic rings. The van der Waals surface area contributed by atoms with Crippen LogP contribution >= 0.6 is 0 Å². The van der Waals surface area contributed by atoms with Crippen LogP contribution in [0.5, 0.6) is 0 Å². The number of rotatable bonds is 4. The van der Waals surface area contributed by atoms with Crippen molar-refractivity contribution in [3.05, 3.63) is 0 Å². The van der Waals surface area contributed by atoms with Crippen molar-refractivity contribution in [3.8, 4) is 0 Å². The molecule has 2 rings (SSSR count). The predicted molar refractivity (Wildman–Crippen MR) is 77.6 cm³/mol. The fraction of sp³-hybridized carbons (Fsp3) is 1.00. The molecule has 106 valence electrons. The third-order valence-electron chi connectivity index (χ3n) is 5.20. The molecule has 3 nitrogen and oxygen atoms in total. The van der Waals surface area contributed by atoms with Crippen molar-refractivity contribution in [2.24, 2.45) is 17.1 Å². The maximum absolute atomic E-state index is 5.91. The van der Waals surface area contributed by atoms with E-state index in [0.29, 0.717) is 17.4 Å². The topological polar surface area (TPSA) is 41.3 Å². The van der Waals surface area contributed by atoms with Gasteiger partial charge in [0.05, 0.1) is 0 Å². The highest BCUT2D eigenvalue weighted by Gasteiger charge is 2.31. The third-order valence-corrected chi connectivity index (χ3v) is 5.20. The summed E-state index contributed by atoms with van der Waals surface area (Å²) >= 11 is 0. The van der Waals surface area contributed by atoms with Crippen LogP contribution in [0.2, 0.25) is 0 Å². The molecule has 3 N–H and O–H groups in total. The van der Waals surface area contributed by atoms with E-state index >= 15 is 0 Å². The van der Waals surface area contributed by atoms with Gasteiger partial charge >= 0.3 is 0 Å². The number of nitrogens with one attached hydrogen (secondary N) is 1. The van der Waals surface area contributed by atoms with Crippen LogP contribution < -0.4 is 11.1 Å². The maximum Gasteiger partial charge on any atom is 0.0108 e. The zero-order chi connectivity index (χ0) is 13.0. The van der Waals surface area contributed by atoms with E-state index in [1.807, 2.05) is 0 Å². The fourth-order valence-corrected chi connectivity index (χ4v) is 3.47. The van der Waals surface area contributed by atoms with Gasteiger partial charge in [0, 0.05) is 12.6 Å². The second-order valence-electron chi connectivity index (χ2n) is 6.88. The monoisotopic (exact) mass is 253 g/mol. The van der Waals surface area contributed by atoms with E-state index < -0.39 is 0 Å². The van der Waals surface area contributed by atoms with Crippen LogP contribution in [-0.2, 0) is 0 Å². The van der Waals surface area contributed by atoms with E-state index in [-0.39, 0.29) is 0 Å². The maximum atomic E-state index is 5.91. The van der Waals surface area contributed by atoms with Gasteiger partial charge in [0.15, 0.2) is 0 Å². The minimum absolute atomic E-state index is 0.503. The molecule has 0 aromatic rings. The van der Waals surface area contributed by atoms with Gasteiger partial charge in [-0.1, -0.05) is 19.8 Å². The molecule has 0 amide bonds. The normalized spacial score (nSPS) is 33.5. The summed E-state index contributed by atoms with van der Waals surface area (Å²) in [4.78, 5) is 2.45. The Balaban J connectivity index is 1.79. The Labute approximate surface area is 112 Å². The highest BCUT2D eigenvalue weighted by atomic mass is 15.1. The van der Waals surface area contributed by atoms with E-state index in [9.17, 15) is 0 Å². The molecular weight excluding hydrogens is 222 g/mol. The quantitative estimate of drug-likeness (QED) is 0.803. The van der Waals surface area contributed by atoms with Crippen LogP contribution in [0.3, 0.4) is 0 Å². The van der Waals surface area contributed by atoms with E-state index in [4.69, 9.17) is 5.73 Å². The van der Waals surface area contributed by atoms with Crippen molar-refractivity contribution in [2.75, 3.05) is 33.2 Å². The minimum Gasteiger partial charge on any atom is -0.330 e. The molecule has 1 saturated heterocycles. The Morgan fingerprint density at radius 1 is 1.22 bits per heavy atom. The molecule has 1 saturated carbocycles. The van der Waals surface area contributed by atoms with Crippen molar-refractivity contribution in [2.45, 2.75) is 51.5 Å². The summed E-state index contributed by atoms with van der Waals surface area (Å²) in [5.41, 5.74) is 6.41. The van der Waals surface area contributed by atoms with Crippen molar-refractivity contribution in [1.82, 2.24) is 10.2 Å². The average molecular weight is 253 g/mol. The predicted octanol–water partition coefficient (Wildman–Crippen LogP) is 1.83. The summed E-state index contributed by atoms with van der Waals surface area (Å²) in [7, 11) is 2.23. The van der Waals surface area contributed by atoms with Crippen molar-refractivity contribution in [3.63, 3.8) is 0 Å². The Morgan fingerprint density at radius 3 is 2.56 bits per heavy atom. The molecule has 1 aliphatic carbocycles. The summed E-state index contributed by atoms with van der Waals surface area (Å²) in [5, 5.41) is 3.85. The summed E-state index contributed by atoms with van der Waals surface area (Å²) < 4.78 is 0. The fourth-order valence-electron chi connectivity index (χ4n) is 3.47. The summed E-state index contributed by atoms with van der Waals surface area (Å²) in [6, 6.07) is 0.681. The molecule has 2 fully saturated rings. The number of nitrogens with two attached hydrogens (primary N) is 1. The third kappa shape index (κ3) is 3.69. The molecule has 3 heteroatoms. The van der Waals surface area contributed by atoms with Gasteiger partial charge in [-0.15, -0.1) is 0 Å². The summed E-state index contributed by atoms with van der Waals surface area (Å²) in [6.07, 6.45) is 8.08. The number of likely N-dealkylation sites (tertiary alicyclic amines) is 1. The summed E-state index contributed by atoms with van der Waals surface area (Å²) in [5.74, 6) is 0.716. The molecule has 1 aliphatic heterocycles. The van der Waals surface area contributed by atoms with Gasteiger partial charge in [-0.2, -0.15) is 0 Å². The molecule has 0 spiro atoms. The van der Waals surface area contributed by atoms with E-state index in [2.05, 4.69) is 24.2 Å². The van der Waals surface area contributed by atoms with Gasteiger partial charge in [0.2, 0.25) is 0 Å². The SMILES string of the molecule is CN1CCC(C)(CNC2CCCCC2CN)CC1. The standard InChI is InChI=1S/C15H31N3/c1-15(7-9-18(2)10-8-15)12-17-14-6-4-3-5-13(14)11-16/h13-14,17H,3-12,16H2,1-2H3. The van der Waals surface area contributed by atoms with Gasteiger partial charge < -0.3 is 16.0 Å². The Kier molecular flexibility index (Phi) is 5.05. The van der Waals surface area contributed by atoms with Crippen LogP contribution in [0.1, 0.15) is 45.4 Å². The zero-order valence-corrected chi connectivity index (χ0v) is 12.3. The number of hydrogen-bond donors (Lipinski definition) is 2. The summed E-state index contributed by atoms with van der Waals surface area (Å²) in [6.45, 7) is 7.00. The lowest BCUT2D eigenvalue weighted by Crippen LogP contribution is -2.48. The largest absolute Gasteiger partial charge is 0.330 e. The Hall–Kier alpha value is -0.120. The molecule has 0 aromatic heterocycles.